The number of fused-ring (bicyclic) bond motifs is 1. The molecule has 0 fully saturated rings. The van der Waals surface area contributed by atoms with Crippen LogP contribution in [0.15, 0.2) is 16.0 Å². The van der Waals surface area contributed by atoms with E-state index in [-0.39, 0.29) is 0 Å². The largest absolute Gasteiger partial charge is 0.383 e. The van der Waals surface area contributed by atoms with Gasteiger partial charge in [-0.1, -0.05) is 0 Å². The Kier molecular flexibility index (Phi) is 1.81. The maximum Gasteiger partial charge on any atom is 0.133 e. The minimum atomic E-state index is 0.601. The monoisotopic (exact) mass is 242 g/mol. The number of aryl methyl sites for hydroxylation is 1. The fourth-order valence-corrected chi connectivity index (χ4v) is 2.88. The standard InChI is InChI=1S/C8H7BrN2S/c1-4-2-11-8(10)6-5(9)3-12-7(4)6/h2-3H,1H3,(H2,10,11). The number of nitrogen functional groups attached to an aromatic ring is 1. The smallest absolute Gasteiger partial charge is 0.133 e. The minimum absolute atomic E-state index is 0.601. The summed E-state index contributed by atoms with van der Waals surface area (Å²) in [6, 6.07) is 0. The zero-order chi connectivity index (χ0) is 8.72. The van der Waals surface area contributed by atoms with Gasteiger partial charge in [0.05, 0.1) is 0 Å². The predicted molar refractivity (Wildman–Crippen MR) is 56.5 cm³/mol. The van der Waals surface area contributed by atoms with Crippen LogP contribution in [0, 0.1) is 6.92 Å². The number of nitrogens with zero attached hydrogens (tertiary/aromatic N) is 1. The van der Waals surface area contributed by atoms with Crippen LogP contribution in [-0.4, -0.2) is 4.98 Å². The highest BCUT2D eigenvalue weighted by molar-refractivity contribution is 9.10. The van der Waals surface area contributed by atoms with Gasteiger partial charge in [-0.25, -0.2) is 4.98 Å². The summed E-state index contributed by atoms with van der Waals surface area (Å²) in [5.74, 6) is 0.601. The van der Waals surface area contributed by atoms with Crippen LogP contribution in [0.4, 0.5) is 5.82 Å². The van der Waals surface area contributed by atoms with Gasteiger partial charge in [-0.3, -0.25) is 0 Å². The molecule has 0 bridgehead atoms. The highest BCUT2D eigenvalue weighted by Gasteiger charge is 2.07. The maximum absolute atomic E-state index is 5.74. The molecule has 2 heterocycles. The van der Waals surface area contributed by atoms with Crippen molar-refractivity contribution in [3.05, 3.63) is 21.6 Å². The van der Waals surface area contributed by atoms with Crippen LogP contribution >= 0.6 is 27.3 Å². The molecule has 0 aromatic carbocycles. The van der Waals surface area contributed by atoms with Crippen LogP contribution in [0.2, 0.25) is 0 Å². The second kappa shape index (κ2) is 2.71. The Balaban J connectivity index is 2.98. The third kappa shape index (κ3) is 1.03. The normalized spacial score (nSPS) is 10.8. The first kappa shape index (κ1) is 8.01. The lowest BCUT2D eigenvalue weighted by Crippen LogP contribution is -1.90. The first-order chi connectivity index (χ1) is 5.70. The molecule has 0 radical (unpaired) electrons. The fraction of sp³-hybridized carbons (Fsp3) is 0.125. The molecule has 0 saturated carbocycles. The van der Waals surface area contributed by atoms with Gasteiger partial charge < -0.3 is 5.73 Å². The van der Waals surface area contributed by atoms with E-state index in [2.05, 4.69) is 20.9 Å². The van der Waals surface area contributed by atoms with Crippen LogP contribution in [0.5, 0.6) is 0 Å². The summed E-state index contributed by atoms with van der Waals surface area (Å²) in [7, 11) is 0. The Morgan fingerprint density at radius 3 is 3.00 bits per heavy atom. The van der Waals surface area contributed by atoms with Crippen molar-refractivity contribution in [2.45, 2.75) is 6.92 Å². The summed E-state index contributed by atoms with van der Waals surface area (Å²) in [5.41, 5.74) is 6.91. The fourth-order valence-electron chi connectivity index (χ4n) is 1.16. The predicted octanol–water partition coefficient (Wildman–Crippen LogP) is 2.95. The van der Waals surface area contributed by atoms with Crippen molar-refractivity contribution in [2.75, 3.05) is 5.73 Å². The summed E-state index contributed by atoms with van der Waals surface area (Å²) in [4.78, 5) is 4.09. The zero-order valence-electron chi connectivity index (χ0n) is 6.47. The molecule has 0 spiro atoms. The molecule has 0 atom stereocenters. The minimum Gasteiger partial charge on any atom is -0.383 e. The van der Waals surface area contributed by atoms with E-state index in [1.165, 1.54) is 10.3 Å². The van der Waals surface area contributed by atoms with Gasteiger partial charge in [-0.05, 0) is 28.4 Å². The number of pyridine rings is 1. The summed E-state index contributed by atoms with van der Waals surface area (Å²) in [5, 5.41) is 3.08. The van der Waals surface area contributed by atoms with Gasteiger partial charge in [0, 0.05) is 26.1 Å². The molecule has 4 heteroatoms. The summed E-state index contributed by atoms with van der Waals surface area (Å²) >= 11 is 5.13. The first-order valence-electron chi connectivity index (χ1n) is 3.48. The third-order valence-corrected chi connectivity index (χ3v) is 3.80. The van der Waals surface area contributed by atoms with Gasteiger partial charge in [-0.2, -0.15) is 0 Å². The lowest BCUT2D eigenvalue weighted by molar-refractivity contribution is 1.32. The molecular weight excluding hydrogens is 236 g/mol. The highest BCUT2D eigenvalue weighted by Crippen LogP contribution is 2.34. The zero-order valence-corrected chi connectivity index (χ0v) is 8.87. The molecule has 2 nitrogen and oxygen atoms in total. The molecule has 0 aliphatic heterocycles. The number of rotatable bonds is 0. The summed E-state index contributed by atoms with van der Waals surface area (Å²) < 4.78 is 2.26. The van der Waals surface area contributed by atoms with E-state index in [9.17, 15) is 0 Å². The Hall–Kier alpha value is -0.610. The van der Waals surface area contributed by atoms with E-state index < -0.39 is 0 Å². The third-order valence-electron chi connectivity index (χ3n) is 1.76. The van der Waals surface area contributed by atoms with Gasteiger partial charge in [0.15, 0.2) is 0 Å². The van der Waals surface area contributed by atoms with Crippen molar-refractivity contribution >= 4 is 43.2 Å². The second-order valence-electron chi connectivity index (χ2n) is 2.61. The average Bonchev–Trinajstić information content (AvgIpc) is 2.42. The Labute approximate surface area is 82.5 Å². The number of aromatic nitrogens is 1. The molecule has 12 heavy (non-hydrogen) atoms. The molecule has 2 N–H and O–H groups in total. The van der Waals surface area contributed by atoms with Crippen molar-refractivity contribution in [3.8, 4) is 0 Å². The van der Waals surface area contributed by atoms with Gasteiger partial charge in [0.1, 0.15) is 5.82 Å². The van der Waals surface area contributed by atoms with Crippen molar-refractivity contribution in [1.29, 1.82) is 0 Å². The maximum atomic E-state index is 5.74. The number of halogens is 1. The van der Waals surface area contributed by atoms with Gasteiger partial charge in [0.25, 0.3) is 0 Å². The lowest BCUT2D eigenvalue weighted by Gasteiger charge is -1.98. The number of hydrogen-bond acceptors (Lipinski definition) is 3. The van der Waals surface area contributed by atoms with Crippen LogP contribution in [0.3, 0.4) is 0 Å². The van der Waals surface area contributed by atoms with Crippen LogP contribution in [0.25, 0.3) is 10.1 Å². The number of anilines is 1. The van der Waals surface area contributed by atoms with Gasteiger partial charge >= 0.3 is 0 Å². The van der Waals surface area contributed by atoms with Gasteiger partial charge in [0.2, 0.25) is 0 Å². The molecule has 0 unspecified atom stereocenters. The number of thiophene rings is 1. The van der Waals surface area contributed by atoms with E-state index >= 15 is 0 Å². The van der Waals surface area contributed by atoms with E-state index in [4.69, 9.17) is 5.73 Å². The van der Waals surface area contributed by atoms with Crippen molar-refractivity contribution in [1.82, 2.24) is 4.98 Å². The average molecular weight is 243 g/mol. The molecule has 0 saturated heterocycles. The molecule has 2 rings (SSSR count). The Bertz CT molecular complexity index is 436. The molecule has 0 aliphatic carbocycles. The lowest BCUT2D eigenvalue weighted by atomic mass is 10.2. The molecule has 0 aliphatic rings. The number of nitrogens with two attached hydrogens (primary N) is 1. The quantitative estimate of drug-likeness (QED) is 0.772. The highest BCUT2D eigenvalue weighted by atomic mass is 79.9. The SMILES string of the molecule is Cc1cnc(N)c2c(Br)csc12. The Morgan fingerprint density at radius 1 is 1.58 bits per heavy atom. The topological polar surface area (TPSA) is 38.9 Å². The number of hydrogen-bond donors (Lipinski definition) is 1. The van der Waals surface area contributed by atoms with Crippen LogP contribution in [0.1, 0.15) is 5.56 Å². The molecule has 2 aromatic rings. The van der Waals surface area contributed by atoms with Crippen molar-refractivity contribution in [2.24, 2.45) is 0 Å². The summed E-state index contributed by atoms with van der Waals surface area (Å²) in [6.07, 6.45) is 1.81. The molecular formula is C8H7BrN2S. The van der Waals surface area contributed by atoms with E-state index in [1.807, 2.05) is 12.3 Å². The van der Waals surface area contributed by atoms with E-state index in [1.54, 1.807) is 17.5 Å². The van der Waals surface area contributed by atoms with Crippen LogP contribution < -0.4 is 5.73 Å². The summed E-state index contributed by atoms with van der Waals surface area (Å²) in [6.45, 7) is 2.04. The van der Waals surface area contributed by atoms with Crippen molar-refractivity contribution < 1.29 is 0 Å². The molecule has 62 valence electrons. The van der Waals surface area contributed by atoms with E-state index in [0.717, 1.165) is 9.86 Å². The van der Waals surface area contributed by atoms with E-state index in [0.29, 0.717) is 5.82 Å². The second-order valence-corrected chi connectivity index (χ2v) is 4.35. The Morgan fingerprint density at radius 2 is 2.33 bits per heavy atom. The first-order valence-corrected chi connectivity index (χ1v) is 5.15. The molecule has 2 aromatic heterocycles. The molecule has 0 amide bonds. The van der Waals surface area contributed by atoms with Crippen LogP contribution in [-0.2, 0) is 0 Å². The van der Waals surface area contributed by atoms with Crippen molar-refractivity contribution in [3.63, 3.8) is 0 Å². The van der Waals surface area contributed by atoms with Gasteiger partial charge in [-0.15, -0.1) is 11.3 Å².